The fourth-order valence-corrected chi connectivity index (χ4v) is 7.40. The maximum atomic E-state index is 14.8. The van der Waals surface area contributed by atoms with Crippen molar-refractivity contribution in [3.63, 3.8) is 0 Å². The summed E-state index contributed by atoms with van der Waals surface area (Å²) in [5.41, 5.74) is 0.647. The third kappa shape index (κ3) is 4.63. The number of carbonyl (C=O) groups is 1. The number of rotatable bonds is 5. The van der Waals surface area contributed by atoms with Gasteiger partial charge in [0.05, 0.1) is 29.3 Å². The first-order valence-corrected chi connectivity index (χ1v) is 13.9. The van der Waals surface area contributed by atoms with Crippen LogP contribution in [0, 0.1) is 11.6 Å². The third-order valence-electron chi connectivity index (χ3n) is 7.55. The van der Waals surface area contributed by atoms with Crippen molar-refractivity contribution in [1.29, 1.82) is 0 Å². The monoisotopic (exact) mass is 538 g/mol. The van der Waals surface area contributed by atoms with E-state index in [1.807, 2.05) is 0 Å². The van der Waals surface area contributed by atoms with E-state index in [4.69, 9.17) is 4.74 Å². The molecule has 1 aromatic heterocycles. The van der Waals surface area contributed by atoms with Crippen LogP contribution >= 0.6 is 0 Å². The molecule has 2 aliphatic heterocycles. The van der Waals surface area contributed by atoms with E-state index >= 15 is 0 Å². The summed E-state index contributed by atoms with van der Waals surface area (Å²) in [7, 11) is -1.73. The average Bonchev–Trinajstić information content (AvgIpc) is 3.51. The second kappa shape index (κ2) is 9.02. The standard InChI is InChI=1S/C25H32F2N4O5S/c1-25(2,3)31(24(32)33)20-10-15(13-36-22(20)17-9-14(26)5-8-18(17)27)30-11-19-21(12-30)29(4)23(28-19)37(34,35)16-6-7-16/h5,8-9,15-16,20,22H,6-7,10-13H2,1-4H3,(H,32,33)/t15-,20+,22-/m1/s1. The fraction of sp³-hybridized carbons (Fsp3) is 0.600. The summed E-state index contributed by atoms with van der Waals surface area (Å²) in [4.78, 5) is 20.2. The molecular formula is C25H32F2N4O5S. The molecule has 3 atom stereocenters. The SMILES string of the molecule is Cn1c(S(=O)(=O)C2CC2)nc2c1CN([C@H]1CO[C@H](c3cc(F)ccc3F)[C@@H](N(C(=O)O)C(C)(C)C)C1)C2. The summed E-state index contributed by atoms with van der Waals surface area (Å²) in [6, 6.07) is 2.09. The summed E-state index contributed by atoms with van der Waals surface area (Å²) < 4.78 is 62.1. The smallest absolute Gasteiger partial charge is 0.408 e. The number of halogens is 2. The summed E-state index contributed by atoms with van der Waals surface area (Å²) >= 11 is 0. The molecule has 3 aliphatic rings. The van der Waals surface area contributed by atoms with E-state index in [-0.39, 0.29) is 28.6 Å². The third-order valence-corrected chi connectivity index (χ3v) is 9.77. The molecule has 3 heterocycles. The lowest BCUT2D eigenvalue weighted by atomic mass is 9.88. The Balaban J connectivity index is 1.43. The number of benzene rings is 1. The van der Waals surface area contributed by atoms with Crippen molar-refractivity contribution < 1.29 is 31.8 Å². The molecule has 2 fully saturated rings. The van der Waals surface area contributed by atoms with Gasteiger partial charge in [0, 0.05) is 37.3 Å². The minimum atomic E-state index is -3.44. The molecule has 5 rings (SSSR count). The number of sulfone groups is 1. The van der Waals surface area contributed by atoms with Crippen molar-refractivity contribution in [3.05, 3.63) is 46.8 Å². The predicted molar refractivity (Wildman–Crippen MR) is 130 cm³/mol. The van der Waals surface area contributed by atoms with E-state index in [0.717, 1.165) is 23.9 Å². The van der Waals surface area contributed by atoms with Crippen LogP contribution in [0.3, 0.4) is 0 Å². The zero-order valence-electron chi connectivity index (χ0n) is 21.3. The van der Waals surface area contributed by atoms with Gasteiger partial charge in [-0.3, -0.25) is 9.80 Å². The summed E-state index contributed by atoms with van der Waals surface area (Å²) in [5, 5.41) is 9.87. The topological polar surface area (TPSA) is 105 Å². The first kappa shape index (κ1) is 26.1. The van der Waals surface area contributed by atoms with E-state index in [1.54, 1.807) is 32.4 Å². The van der Waals surface area contributed by atoms with Gasteiger partial charge in [-0.25, -0.2) is 27.0 Å². The second-order valence-corrected chi connectivity index (χ2v) is 13.3. The van der Waals surface area contributed by atoms with Gasteiger partial charge in [0.2, 0.25) is 15.0 Å². The molecule has 1 saturated heterocycles. The van der Waals surface area contributed by atoms with Crippen molar-refractivity contribution in [1.82, 2.24) is 19.4 Å². The maximum Gasteiger partial charge on any atom is 0.408 e. The maximum absolute atomic E-state index is 14.8. The second-order valence-electron chi connectivity index (χ2n) is 11.2. The van der Waals surface area contributed by atoms with Gasteiger partial charge in [0.25, 0.3) is 0 Å². The number of hydrogen-bond donors (Lipinski definition) is 1. The molecule has 0 radical (unpaired) electrons. The predicted octanol–water partition coefficient (Wildman–Crippen LogP) is 3.63. The molecular weight excluding hydrogens is 506 g/mol. The first-order valence-electron chi connectivity index (χ1n) is 12.4. The Labute approximate surface area is 214 Å². The highest BCUT2D eigenvalue weighted by molar-refractivity contribution is 7.92. The number of fused-ring (bicyclic) bond motifs is 1. The van der Waals surface area contributed by atoms with Crippen LogP contribution in [-0.4, -0.2) is 68.4 Å². The summed E-state index contributed by atoms with van der Waals surface area (Å²) in [5.74, 6) is -1.28. The Morgan fingerprint density at radius 2 is 1.92 bits per heavy atom. The van der Waals surface area contributed by atoms with Crippen molar-refractivity contribution in [3.8, 4) is 0 Å². The molecule has 202 valence electrons. The molecule has 1 amide bonds. The van der Waals surface area contributed by atoms with Crippen LogP contribution in [0.2, 0.25) is 0 Å². The van der Waals surface area contributed by atoms with Crippen molar-refractivity contribution in [2.75, 3.05) is 6.61 Å². The highest BCUT2D eigenvalue weighted by Gasteiger charge is 2.47. The number of aromatic nitrogens is 2. The van der Waals surface area contributed by atoms with E-state index in [2.05, 4.69) is 9.88 Å². The molecule has 0 spiro atoms. The van der Waals surface area contributed by atoms with Gasteiger partial charge in [0.1, 0.15) is 17.7 Å². The van der Waals surface area contributed by atoms with E-state index in [9.17, 15) is 27.1 Å². The molecule has 1 aromatic carbocycles. The molecule has 0 unspecified atom stereocenters. The van der Waals surface area contributed by atoms with Crippen LogP contribution < -0.4 is 0 Å². The molecule has 9 nitrogen and oxygen atoms in total. The van der Waals surface area contributed by atoms with Gasteiger partial charge >= 0.3 is 6.09 Å². The lowest BCUT2D eigenvalue weighted by Gasteiger charge is -2.48. The Bertz CT molecular complexity index is 1340. The molecule has 1 aliphatic carbocycles. The van der Waals surface area contributed by atoms with Crippen LogP contribution in [-0.2, 0) is 34.7 Å². The number of carboxylic acid groups (broad SMARTS) is 1. The summed E-state index contributed by atoms with van der Waals surface area (Å²) in [6.07, 6.45) is -0.516. The molecule has 1 saturated carbocycles. The van der Waals surface area contributed by atoms with Gasteiger partial charge in [-0.15, -0.1) is 0 Å². The van der Waals surface area contributed by atoms with Crippen LogP contribution in [0.1, 0.15) is 63.1 Å². The number of hydrogen-bond acceptors (Lipinski definition) is 6. The average molecular weight is 539 g/mol. The zero-order chi connectivity index (χ0) is 26.9. The summed E-state index contributed by atoms with van der Waals surface area (Å²) in [6.45, 7) is 6.26. The molecule has 37 heavy (non-hydrogen) atoms. The van der Waals surface area contributed by atoms with Crippen molar-refractivity contribution >= 4 is 15.9 Å². The van der Waals surface area contributed by atoms with E-state index in [0.29, 0.717) is 38.0 Å². The van der Waals surface area contributed by atoms with Crippen molar-refractivity contribution in [2.24, 2.45) is 7.05 Å². The van der Waals surface area contributed by atoms with Gasteiger partial charge in [-0.2, -0.15) is 0 Å². The fourth-order valence-electron chi connectivity index (χ4n) is 5.62. The lowest BCUT2D eigenvalue weighted by molar-refractivity contribution is -0.103. The number of amides is 1. The van der Waals surface area contributed by atoms with Crippen molar-refractivity contribution in [2.45, 2.75) is 87.3 Å². The van der Waals surface area contributed by atoms with E-state index < -0.39 is 45.2 Å². The Morgan fingerprint density at radius 1 is 1.22 bits per heavy atom. The van der Waals surface area contributed by atoms with E-state index in [1.165, 1.54) is 4.90 Å². The van der Waals surface area contributed by atoms with Crippen LogP contribution in [0.25, 0.3) is 0 Å². The molecule has 1 N–H and O–H groups in total. The molecule has 12 heteroatoms. The molecule has 0 bridgehead atoms. The van der Waals surface area contributed by atoms with Crippen LogP contribution in [0.15, 0.2) is 23.4 Å². The molecule has 2 aromatic rings. The van der Waals surface area contributed by atoms with Crippen LogP contribution in [0.4, 0.5) is 13.6 Å². The highest BCUT2D eigenvalue weighted by Crippen LogP contribution is 2.40. The number of imidazole rings is 1. The van der Waals surface area contributed by atoms with Gasteiger partial charge in [-0.1, -0.05) is 0 Å². The largest absolute Gasteiger partial charge is 0.465 e. The van der Waals surface area contributed by atoms with Gasteiger partial charge < -0.3 is 14.4 Å². The highest BCUT2D eigenvalue weighted by atomic mass is 32.2. The minimum absolute atomic E-state index is 0.0137. The number of nitrogens with zero attached hydrogens (tertiary/aromatic N) is 4. The Hall–Kier alpha value is -2.57. The Kier molecular flexibility index (Phi) is 6.35. The lowest BCUT2D eigenvalue weighted by Crippen LogP contribution is -2.58. The van der Waals surface area contributed by atoms with Crippen LogP contribution in [0.5, 0.6) is 0 Å². The Morgan fingerprint density at radius 3 is 2.51 bits per heavy atom. The van der Waals surface area contributed by atoms with Gasteiger partial charge in [-0.05, 0) is 58.2 Å². The normalized spacial score (nSPS) is 24.8. The quantitative estimate of drug-likeness (QED) is 0.620. The van der Waals surface area contributed by atoms with Gasteiger partial charge in [0.15, 0.2) is 0 Å². The first-order chi connectivity index (χ1) is 17.3. The minimum Gasteiger partial charge on any atom is -0.465 e. The number of ether oxygens (including phenoxy) is 1. The zero-order valence-corrected chi connectivity index (χ0v) is 22.1.